The Morgan fingerprint density at radius 2 is 1.67 bits per heavy atom. The number of rotatable bonds is 5. The Hall–Kier alpha value is -1.42. The zero-order valence-electron chi connectivity index (χ0n) is 13.4. The van der Waals surface area contributed by atoms with Crippen LogP contribution in [0, 0.1) is 11.8 Å². The molecule has 0 spiro atoms. The van der Waals surface area contributed by atoms with Crippen LogP contribution >= 0.6 is 0 Å². The lowest BCUT2D eigenvalue weighted by atomic mass is 9.77. The Morgan fingerprint density at radius 1 is 1.05 bits per heavy atom. The summed E-state index contributed by atoms with van der Waals surface area (Å²) < 4.78 is 16.2. The Labute approximate surface area is 127 Å². The molecule has 1 N–H and O–H groups in total. The van der Waals surface area contributed by atoms with E-state index in [9.17, 15) is 5.11 Å². The van der Waals surface area contributed by atoms with E-state index < -0.39 is 6.10 Å². The highest BCUT2D eigenvalue weighted by Crippen LogP contribution is 2.45. The third kappa shape index (κ3) is 3.43. The molecule has 2 rings (SSSR count). The maximum atomic E-state index is 10.8. The van der Waals surface area contributed by atoms with Crippen LogP contribution < -0.4 is 14.2 Å². The minimum absolute atomic E-state index is 0.255. The van der Waals surface area contributed by atoms with Gasteiger partial charge in [-0.1, -0.05) is 19.8 Å². The van der Waals surface area contributed by atoms with Gasteiger partial charge in [0, 0.05) is 12.1 Å². The zero-order valence-corrected chi connectivity index (χ0v) is 13.4. The molecule has 1 aromatic rings. The molecule has 3 unspecified atom stereocenters. The normalized spacial score (nSPS) is 23.5. The Bertz CT molecular complexity index is 447. The minimum atomic E-state index is -0.566. The number of hydrogen-bond acceptors (Lipinski definition) is 4. The first-order valence-electron chi connectivity index (χ1n) is 7.58. The molecule has 0 bridgehead atoms. The molecule has 0 aliphatic heterocycles. The second kappa shape index (κ2) is 7.03. The molecule has 4 heteroatoms. The molecule has 0 heterocycles. The van der Waals surface area contributed by atoms with Gasteiger partial charge in [-0.05, 0) is 24.7 Å². The van der Waals surface area contributed by atoms with Crippen molar-refractivity contribution in [1.29, 1.82) is 0 Å². The van der Waals surface area contributed by atoms with Gasteiger partial charge in [0.25, 0.3) is 0 Å². The van der Waals surface area contributed by atoms with Gasteiger partial charge in [-0.3, -0.25) is 0 Å². The van der Waals surface area contributed by atoms with Gasteiger partial charge >= 0.3 is 0 Å². The summed E-state index contributed by atoms with van der Waals surface area (Å²) in [5.74, 6) is 2.82. The fourth-order valence-electron chi connectivity index (χ4n) is 3.33. The van der Waals surface area contributed by atoms with Crippen molar-refractivity contribution in [1.82, 2.24) is 0 Å². The van der Waals surface area contributed by atoms with E-state index >= 15 is 0 Å². The predicted octanol–water partition coefficient (Wildman–Crippen LogP) is 3.57. The van der Waals surface area contributed by atoms with Gasteiger partial charge in [0.15, 0.2) is 0 Å². The highest BCUT2D eigenvalue weighted by molar-refractivity contribution is 5.52. The Balaban J connectivity index is 2.36. The van der Waals surface area contributed by atoms with Crippen LogP contribution in [0.25, 0.3) is 0 Å². The molecule has 0 amide bonds. The quantitative estimate of drug-likeness (QED) is 0.902. The van der Waals surface area contributed by atoms with Crippen LogP contribution in [0.3, 0.4) is 0 Å². The van der Waals surface area contributed by atoms with Crippen molar-refractivity contribution in [2.24, 2.45) is 11.8 Å². The standard InChI is InChI=1S/C17H26O4/c1-11-6-5-7-12(8-11)17(18)16-14(20-3)9-13(19-2)10-15(16)21-4/h9-12,17-18H,5-8H2,1-4H3. The maximum Gasteiger partial charge on any atom is 0.132 e. The van der Waals surface area contributed by atoms with Crippen LogP contribution in [-0.2, 0) is 0 Å². The maximum absolute atomic E-state index is 10.8. The first-order chi connectivity index (χ1) is 10.1. The van der Waals surface area contributed by atoms with E-state index in [1.165, 1.54) is 12.8 Å². The van der Waals surface area contributed by atoms with Crippen molar-refractivity contribution in [2.75, 3.05) is 21.3 Å². The average molecular weight is 294 g/mol. The second-order valence-electron chi connectivity index (χ2n) is 5.92. The van der Waals surface area contributed by atoms with Crippen LogP contribution in [-0.4, -0.2) is 26.4 Å². The van der Waals surface area contributed by atoms with E-state index in [1.54, 1.807) is 33.5 Å². The van der Waals surface area contributed by atoms with Crippen LogP contribution in [0.2, 0.25) is 0 Å². The van der Waals surface area contributed by atoms with E-state index in [1.807, 2.05) is 0 Å². The van der Waals surface area contributed by atoms with E-state index in [2.05, 4.69) is 6.92 Å². The molecule has 1 aliphatic rings. The summed E-state index contributed by atoms with van der Waals surface area (Å²) in [5.41, 5.74) is 0.736. The monoisotopic (exact) mass is 294 g/mol. The molecule has 1 aromatic carbocycles. The summed E-state index contributed by atoms with van der Waals surface area (Å²) >= 11 is 0. The summed E-state index contributed by atoms with van der Waals surface area (Å²) in [7, 11) is 4.81. The summed E-state index contributed by atoms with van der Waals surface area (Å²) in [6.07, 6.45) is 3.94. The predicted molar refractivity (Wildman–Crippen MR) is 82.2 cm³/mol. The third-order valence-corrected chi connectivity index (χ3v) is 4.47. The lowest BCUT2D eigenvalue weighted by molar-refractivity contribution is 0.0671. The molecule has 3 atom stereocenters. The van der Waals surface area contributed by atoms with Gasteiger partial charge in [0.05, 0.1) is 33.0 Å². The van der Waals surface area contributed by atoms with E-state index in [0.29, 0.717) is 23.2 Å². The number of methoxy groups -OCH3 is 3. The zero-order chi connectivity index (χ0) is 15.4. The SMILES string of the molecule is COc1cc(OC)c(C(O)C2CCCC(C)C2)c(OC)c1. The summed E-state index contributed by atoms with van der Waals surface area (Å²) in [6.45, 7) is 2.25. The van der Waals surface area contributed by atoms with Gasteiger partial charge < -0.3 is 19.3 Å². The smallest absolute Gasteiger partial charge is 0.132 e. The molecule has 0 saturated heterocycles. The largest absolute Gasteiger partial charge is 0.496 e. The number of hydrogen-bond donors (Lipinski definition) is 1. The lowest BCUT2D eigenvalue weighted by Gasteiger charge is -2.32. The van der Waals surface area contributed by atoms with Crippen molar-refractivity contribution in [3.63, 3.8) is 0 Å². The molecule has 1 saturated carbocycles. The van der Waals surface area contributed by atoms with Crippen LogP contribution in [0.15, 0.2) is 12.1 Å². The highest BCUT2D eigenvalue weighted by Gasteiger charge is 2.31. The van der Waals surface area contributed by atoms with Crippen LogP contribution in [0.4, 0.5) is 0 Å². The fourth-order valence-corrected chi connectivity index (χ4v) is 3.33. The molecular weight excluding hydrogens is 268 g/mol. The van der Waals surface area contributed by atoms with Crippen molar-refractivity contribution >= 4 is 0 Å². The molecule has 1 fully saturated rings. The van der Waals surface area contributed by atoms with Crippen molar-refractivity contribution in [3.8, 4) is 17.2 Å². The molecule has 0 radical (unpaired) electrons. The number of aliphatic hydroxyl groups excluding tert-OH is 1. The molecule has 21 heavy (non-hydrogen) atoms. The van der Waals surface area contributed by atoms with Gasteiger partial charge in [-0.25, -0.2) is 0 Å². The Kier molecular flexibility index (Phi) is 5.34. The first-order valence-corrected chi connectivity index (χ1v) is 7.58. The lowest BCUT2D eigenvalue weighted by Crippen LogP contribution is -2.21. The van der Waals surface area contributed by atoms with Gasteiger partial charge in [0.2, 0.25) is 0 Å². The van der Waals surface area contributed by atoms with Crippen molar-refractivity contribution in [3.05, 3.63) is 17.7 Å². The van der Waals surface area contributed by atoms with E-state index in [-0.39, 0.29) is 5.92 Å². The highest BCUT2D eigenvalue weighted by atomic mass is 16.5. The van der Waals surface area contributed by atoms with E-state index in [4.69, 9.17) is 14.2 Å². The van der Waals surface area contributed by atoms with Gasteiger partial charge in [-0.2, -0.15) is 0 Å². The third-order valence-electron chi connectivity index (χ3n) is 4.47. The van der Waals surface area contributed by atoms with Gasteiger partial charge in [-0.15, -0.1) is 0 Å². The molecule has 1 aliphatic carbocycles. The van der Waals surface area contributed by atoms with E-state index in [0.717, 1.165) is 18.4 Å². The van der Waals surface area contributed by atoms with Crippen LogP contribution in [0.5, 0.6) is 17.2 Å². The fraction of sp³-hybridized carbons (Fsp3) is 0.647. The second-order valence-corrected chi connectivity index (χ2v) is 5.92. The summed E-state index contributed by atoms with van der Waals surface area (Å²) in [6, 6.07) is 3.60. The minimum Gasteiger partial charge on any atom is -0.496 e. The topological polar surface area (TPSA) is 47.9 Å². The number of aliphatic hydroxyl groups is 1. The summed E-state index contributed by atoms with van der Waals surface area (Å²) in [4.78, 5) is 0. The van der Waals surface area contributed by atoms with Gasteiger partial charge in [0.1, 0.15) is 17.2 Å². The first kappa shape index (κ1) is 16.0. The summed E-state index contributed by atoms with van der Waals surface area (Å²) in [5, 5.41) is 10.8. The molecular formula is C17H26O4. The number of benzene rings is 1. The molecule has 118 valence electrons. The molecule has 0 aromatic heterocycles. The molecule has 4 nitrogen and oxygen atoms in total. The average Bonchev–Trinajstić information content (AvgIpc) is 2.52. The van der Waals surface area contributed by atoms with Crippen molar-refractivity contribution in [2.45, 2.75) is 38.7 Å². The van der Waals surface area contributed by atoms with Crippen LogP contribution in [0.1, 0.15) is 44.3 Å². The number of ether oxygens (including phenoxy) is 3. The van der Waals surface area contributed by atoms with Crippen molar-refractivity contribution < 1.29 is 19.3 Å². The Morgan fingerprint density at radius 3 is 2.14 bits per heavy atom.